The van der Waals surface area contributed by atoms with Crippen LogP contribution >= 0.6 is 0 Å². The van der Waals surface area contributed by atoms with Crippen molar-refractivity contribution in [1.29, 1.82) is 0 Å². The first-order valence-corrected chi connectivity index (χ1v) is 4.53. The number of benzene rings is 1. The van der Waals surface area contributed by atoms with Crippen LogP contribution in [-0.2, 0) is 0 Å². The first-order valence-electron chi connectivity index (χ1n) is 4.53. The van der Waals surface area contributed by atoms with Crippen molar-refractivity contribution < 1.29 is 9.84 Å². The number of hydrogen-bond donors (Lipinski definition) is 2. The molecule has 0 atom stereocenters. The number of phenols is 1. The Balaban J connectivity index is 2.00. The Morgan fingerprint density at radius 3 is 3.00 bits per heavy atom. The van der Waals surface area contributed by atoms with Crippen LogP contribution < -0.4 is 10.1 Å². The lowest BCUT2D eigenvalue weighted by atomic mass is 10.2. The Kier molecular flexibility index (Phi) is 1.14. The average molecular weight is 177 g/mol. The molecule has 1 spiro atoms. The fraction of sp³-hybridized carbons (Fsp3) is 0.400. The van der Waals surface area contributed by atoms with E-state index in [0.29, 0.717) is 0 Å². The van der Waals surface area contributed by atoms with Crippen LogP contribution in [0.2, 0.25) is 0 Å². The fourth-order valence-electron chi connectivity index (χ4n) is 1.69. The van der Waals surface area contributed by atoms with Gasteiger partial charge in [0.1, 0.15) is 17.1 Å². The second-order valence-corrected chi connectivity index (χ2v) is 3.82. The van der Waals surface area contributed by atoms with Crippen molar-refractivity contribution in [3.63, 3.8) is 0 Å². The molecule has 0 aromatic heterocycles. The van der Waals surface area contributed by atoms with E-state index in [0.717, 1.165) is 30.8 Å². The monoisotopic (exact) mass is 177 g/mol. The molecular weight excluding hydrogens is 166 g/mol. The molecule has 1 heterocycles. The summed E-state index contributed by atoms with van der Waals surface area (Å²) in [5.74, 6) is 1.14. The third-order valence-corrected chi connectivity index (χ3v) is 2.70. The van der Waals surface area contributed by atoms with Gasteiger partial charge in [-0.05, 0) is 25.0 Å². The van der Waals surface area contributed by atoms with Crippen LogP contribution in [0, 0.1) is 0 Å². The minimum absolute atomic E-state index is 0.0734. The van der Waals surface area contributed by atoms with Crippen molar-refractivity contribution in [1.82, 2.24) is 0 Å². The van der Waals surface area contributed by atoms with Crippen molar-refractivity contribution >= 4 is 5.69 Å². The lowest BCUT2D eigenvalue weighted by Gasteiger charge is -2.27. The minimum Gasteiger partial charge on any atom is -0.508 e. The molecule has 3 heteroatoms. The summed E-state index contributed by atoms with van der Waals surface area (Å²) in [6, 6.07) is 5.17. The highest BCUT2D eigenvalue weighted by Gasteiger charge is 2.47. The van der Waals surface area contributed by atoms with E-state index in [1.165, 1.54) is 0 Å². The normalized spacial score (nSPS) is 21.5. The molecule has 2 aliphatic rings. The first-order chi connectivity index (χ1) is 6.27. The number of aromatic hydroxyl groups is 1. The largest absolute Gasteiger partial charge is 0.508 e. The Bertz CT molecular complexity index is 358. The molecule has 1 aliphatic carbocycles. The zero-order chi connectivity index (χ0) is 8.89. The summed E-state index contributed by atoms with van der Waals surface area (Å²) in [6.07, 6.45) is 2.28. The molecule has 3 nitrogen and oxygen atoms in total. The molecule has 1 fully saturated rings. The summed E-state index contributed by atoms with van der Waals surface area (Å²) < 4.78 is 5.81. The molecule has 13 heavy (non-hydrogen) atoms. The Hall–Kier alpha value is -1.38. The van der Waals surface area contributed by atoms with E-state index >= 15 is 0 Å². The third kappa shape index (κ3) is 1.03. The molecule has 68 valence electrons. The van der Waals surface area contributed by atoms with Crippen molar-refractivity contribution in [3.05, 3.63) is 18.2 Å². The summed E-state index contributed by atoms with van der Waals surface area (Å²) in [7, 11) is 0. The lowest BCUT2D eigenvalue weighted by molar-refractivity contribution is 0.184. The number of fused-ring (bicyclic) bond motifs is 1. The van der Waals surface area contributed by atoms with Gasteiger partial charge < -0.3 is 15.2 Å². The highest BCUT2D eigenvalue weighted by molar-refractivity contribution is 5.61. The van der Waals surface area contributed by atoms with E-state index in [4.69, 9.17) is 4.74 Å². The van der Waals surface area contributed by atoms with Gasteiger partial charge in [0.25, 0.3) is 0 Å². The van der Waals surface area contributed by atoms with Gasteiger partial charge in [-0.15, -0.1) is 0 Å². The number of ether oxygens (including phenoxy) is 1. The van der Waals surface area contributed by atoms with Crippen LogP contribution in [-0.4, -0.2) is 17.3 Å². The van der Waals surface area contributed by atoms with E-state index < -0.39 is 0 Å². The molecule has 2 N–H and O–H groups in total. The lowest BCUT2D eigenvalue weighted by Crippen LogP contribution is -2.32. The highest BCUT2D eigenvalue weighted by atomic mass is 16.5. The van der Waals surface area contributed by atoms with Gasteiger partial charge in [0, 0.05) is 6.07 Å². The van der Waals surface area contributed by atoms with Crippen LogP contribution in [0.1, 0.15) is 12.8 Å². The predicted octanol–water partition coefficient (Wildman–Crippen LogP) is 1.73. The molecule has 1 aromatic rings. The predicted molar refractivity (Wildman–Crippen MR) is 49.2 cm³/mol. The maximum atomic E-state index is 9.24. The maximum absolute atomic E-state index is 9.24. The molecule has 0 radical (unpaired) electrons. The van der Waals surface area contributed by atoms with Crippen LogP contribution in [0.5, 0.6) is 11.5 Å². The van der Waals surface area contributed by atoms with Crippen molar-refractivity contribution in [3.8, 4) is 11.5 Å². The minimum atomic E-state index is 0.0734. The number of anilines is 1. The smallest absolute Gasteiger partial charge is 0.143 e. The van der Waals surface area contributed by atoms with Gasteiger partial charge in [-0.1, -0.05) is 0 Å². The van der Waals surface area contributed by atoms with Gasteiger partial charge >= 0.3 is 0 Å². The summed E-state index contributed by atoms with van der Waals surface area (Å²) in [4.78, 5) is 0. The van der Waals surface area contributed by atoms with Gasteiger partial charge in [0.15, 0.2) is 0 Å². The second-order valence-electron chi connectivity index (χ2n) is 3.82. The van der Waals surface area contributed by atoms with Gasteiger partial charge in [-0.25, -0.2) is 0 Å². The van der Waals surface area contributed by atoms with E-state index in [1.807, 2.05) is 6.07 Å². The summed E-state index contributed by atoms with van der Waals surface area (Å²) >= 11 is 0. The fourth-order valence-corrected chi connectivity index (χ4v) is 1.69. The number of nitrogens with one attached hydrogen (secondary N) is 1. The van der Waals surface area contributed by atoms with Crippen molar-refractivity contribution in [2.24, 2.45) is 0 Å². The van der Waals surface area contributed by atoms with E-state index in [9.17, 15) is 5.11 Å². The van der Waals surface area contributed by atoms with Gasteiger partial charge in [-0.3, -0.25) is 0 Å². The second kappa shape index (κ2) is 2.10. The van der Waals surface area contributed by atoms with Gasteiger partial charge in [0.2, 0.25) is 0 Å². The van der Waals surface area contributed by atoms with Crippen LogP contribution in [0.3, 0.4) is 0 Å². The Labute approximate surface area is 76.3 Å². The standard InChI is InChI=1S/C10H11NO2/c12-7-1-2-9-8(5-7)11-6-10(13-9)3-4-10/h1-2,5,11-12H,3-4,6H2. The molecule has 0 unspecified atom stereocenters. The highest BCUT2D eigenvalue weighted by Crippen LogP contribution is 2.46. The summed E-state index contributed by atoms with van der Waals surface area (Å²) in [5.41, 5.74) is 0.974. The molecular formula is C10H11NO2. The maximum Gasteiger partial charge on any atom is 0.143 e. The number of rotatable bonds is 0. The average Bonchev–Trinajstić information content (AvgIpc) is 2.87. The van der Waals surface area contributed by atoms with E-state index in [-0.39, 0.29) is 11.4 Å². The Morgan fingerprint density at radius 2 is 2.23 bits per heavy atom. The quantitative estimate of drug-likeness (QED) is 0.634. The SMILES string of the molecule is Oc1ccc2c(c1)NCC1(CC1)O2. The third-order valence-electron chi connectivity index (χ3n) is 2.70. The molecule has 3 rings (SSSR count). The van der Waals surface area contributed by atoms with Gasteiger partial charge in [-0.2, -0.15) is 0 Å². The van der Waals surface area contributed by atoms with E-state index in [2.05, 4.69) is 5.32 Å². The Morgan fingerprint density at radius 1 is 1.38 bits per heavy atom. The summed E-state index contributed by atoms with van der Waals surface area (Å²) in [5, 5.41) is 12.5. The molecule has 0 bridgehead atoms. The first kappa shape index (κ1) is 7.06. The molecule has 0 saturated heterocycles. The van der Waals surface area contributed by atoms with E-state index in [1.54, 1.807) is 12.1 Å². The number of phenolic OH excluding ortho intramolecular Hbond substituents is 1. The van der Waals surface area contributed by atoms with Crippen LogP contribution in [0.25, 0.3) is 0 Å². The molecule has 1 aliphatic heterocycles. The van der Waals surface area contributed by atoms with Crippen LogP contribution in [0.4, 0.5) is 5.69 Å². The molecule has 0 amide bonds. The summed E-state index contributed by atoms with van der Waals surface area (Å²) in [6.45, 7) is 0.865. The molecule has 1 saturated carbocycles. The van der Waals surface area contributed by atoms with Gasteiger partial charge in [0.05, 0.1) is 12.2 Å². The topological polar surface area (TPSA) is 41.5 Å². The molecule has 1 aromatic carbocycles. The zero-order valence-electron chi connectivity index (χ0n) is 7.21. The van der Waals surface area contributed by atoms with Crippen molar-refractivity contribution in [2.75, 3.05) is 11.9 Å². The van der Waals surface area contributed by atoms with Crippen molar-refractivity contribution in [2.45, 2.75) is 18.4 Å². The van der Waals surface area contributed by atoms with Crippen LogP contribution in [0.15, 0.2) is 18.2 Å². The zero-order valence-corrected chi connectivity index (χ0v) is 7.21. The number of hydrogen-bond acceptors (Lipinski definition) is 3.